The van der Waals surface area contributed by atoms with Crippen molar-refractivity contribution in [1.82, 2.24) is 5.32 Å². The number of aliphatic hydroxyl groups is 2. The van der Waals surface area contributed by atoms with Gasteiger partial charge in [-0.25, -0.2) is 0 Å². The van der Waals surface area contributed by atoms with Gasteiger partial charge in [-0.15, -0.1) is 0 Å². The Morgan fingerprint density at radius 1 is 0.333 bits per heavy atom. The van der Waals surface area contributed by atoms with Gasteiger partial charge in [0.2, 0.25) is 5.91 Å². The minimum atomic E-state index is -0.663. The van der Waals surface area contributed by atoms with Gasteiger partial charge >= 0.3 is 5.97 Å². The van der Waals surface area contributed by atoms with Gasteiger partial charge in [0, 0.05) is 12.8 Å². The molecule has 0 aliphatic rings. The molecule has 0 aromatic heterocycles. The molecule has 2 unspecified atom stereocenters. The second-order valence-corrected chi connectivity index (χ2v) is 26.0. The highest BCUT2D eigenvalue weighted by Crippen LogP contribution is 2.19. The van der Waals surface area contributed by atoms with E-state index < -0.39 is 12.1 Å². The van der Waals surface area contributed by atoms with Gasteiger partial charge in [0.15, 0.2) is 0 Å². The number of carbonyl (C=O) groups is 2. The summed E-state index contributed by atoms with van der Waals surface area (Å²) in [5.74, 6) is -0.0261. The molecule has 0 bridgehead atoms. The summed E-state index contributed by atoms with van der Waals surface area (Å²) in [6.07, 6.45) is 96.1. The normalized spacial score (nSPS) is 12.8. The monoisotopic (exact) mass is 1180 g/mol. The van der Waals surface area contributed by atoms with Crippen LogP contribution in [0.4, 0.5) is 0 Å². The molecule has 1 amide bonds. The lowest BCUT2D eigenvalue weighted by Crippen LogP contribution is -2.45. The van der Waals surface area contributed by atoms with Crippen LogP contribution in [-0.2, 0) is 14.3 Å². The number of allylic oxidation sites excluding steroid dienone is 8. The van der Waals surface area contributed by atoms with E-state index in [1.165, 1.54) is 321 Å². The lowest BCUT2D eigenvalue weighted by Gasteiger charge is -2.22. The first kappa shape index (κ1) is 81.8. The minimum Gasteiger partial charge on any atom is -0.466 e. The summed E-state index contributed by atoms with van der Waals surface area (Å²) in [4.78, 5) is 24.6. The van der Waals surface area contributed by atoms with Gasteiger partial charge in [0.05, 0.1) is 25.4 Å². The fourth-order valence-corrected chi connectivity index (χ4v) is 11.8. The molecule has 0 aromatic rings. The lowest BCUT2D eigenvalue weighted by molar-refractivity contribution is -0.143. The van der Waals surface area contributed by atoms with Crippen LogP contribution in [0, 0.1) is 0 Å². The number of esters is 1. The quantitative estimate of drug-likeness (QED) is 0.0320. The summed E-state index contributed by atoms with van der Waals surface area (Å²) >= 11 is 0. The second-order valence-electron chi connectivity index (χ2n) is 26.0. The van der Waals surface area contributed by atoms with Crippen molar-refractivity contribution in [3.63, 3.8) is 0 Å². The van der Waals surface area contributed by atoms with E-state index in [0.29, 0.717) is 25.9 Å². The van der Waals surface area contributed by atoms with Crippen LogP contribution in [0.15, 0.2) is 48.6 Å². The molecular formula is C78H147NO5. The van der Waals surface area contributed by atoms with Crippen LogP contribution in [0.25, 0.3) is 0 Å². The predicted octanol–water partition coefficient (Wildman–Crippen LogP) is 24.8. The summed E-state index contributed by atoms with van der Waals surface area (Å²) in [5.41, 5.74) is 0. The zero-order valence-electron chi connectivity index (χ0n) is 56.6. The van der Waals surface area contributed by atoms with Gasteiger partial charge in [0.1, 0.15) is 0 Å². The molecule has 0 rings (SSSR count). The molecule has 494 valence electrons. The zero-order chi connectivity index (χ0) is 60.6. The van der Waals surface area contributed by atoms with E-state index in [0.717, 1.165) is 57.8 Å². The van der Waals surface area contributed by atoms with Crippen molar-refractivity contribution in [3.05, 3.63) is 48.6 Å². The van der Waals surface area contributed by atoms with Crippen LogP contribution in [0.2, 0.25) is 0 Å². The van der Waals surface area contributed by atoms with E-state index in [9.17, 15) is 19.8 Å². The van der Waals surface area contributed by atoms with Crippen LogP contribution >= 0.6 is 0 Å². The van der Waals surface area contributed by atoms with Gasteiger partial charge in [-0.1, -0.05) is 358 Å². The summed E-state index contributed by atoms with van der Waals surface area (Å²) in [6, 6.07) is -0.540. The number of nitrogens with one attached hydrogen (secondary N) is 1. The molecule has 0 saturated carbocycles. The summed E-state index contributed by atoms with van der Waals surface area (Å²) in [7, 11) is 0. The maximum absolute atomic E-state index is 12.5. The third-order valence-electron chi connectivity index (χ3n) is 17.6. The molecule has 0 spiro atoms. The summed E-state index contributed by atoms with van der Waals surface area (Å²) in [5, 5.41) is 23.4. The van der Waals surface area contributed by atoms with E-state index in [1.54, 1.807) is 0 Å². The van der Waals surface area contributed by atoms with Crippen LogP contribution in [0.3, 0.4) is 0 Å². The van der Waals surface area contributed by atoms with Crippen molar-refractivity contribution >= 4 is 11.9 Å². The summed E-state index contributed by atoms with van der Waals surface area (Å²) < 4.78 is 5.49. The molecule has 0 radical (unpaired) electrons. The van der Waals surface area contributed by atoms with Crippen LogP contribution in [0.5, 0.6) is 0 Å². The van der Waals surface area contributed by atoms with Gasteiger partial charge in [0.25, 0.3) is 0 Å². The average molecular weight is 1180 g/mol. The van der Waals surface area contributed by atoms with Gasteiger partial charge < -0.3 is 20.3 Å². The molecule has 0 saturated heterocycles. The third kappa shape index (κ3) is 68.9. The highest BCUT2D eigenvalue weighted by molar-refractivity contribution is 5.76. The second kappa shape index (κ2) is 73.3. The average Bonchev–Trinajstić information content (AvgIpc) is 3.51. The Labute approximate surface area is 525 Å². The Balaban J connectivity index is 3.37. The molecule has 0 aliphatic carbocycles. The standard InChI is InChI=1S/C78H147NO5/c1-3-5-7-9-11-13-15-17-19-42-46-50-54-58-62-66-70-76(81)75(74-80)79-77(82)71-67-63-59-55-51-47-43-40-38-36-34-32-30-28-26-24-22-21-23-25-27-29-31-33-35-37-39-41-45-49-53-57-61-65-69-73-84-78(83)72-68-64-60-56-52-48-44-20-18-16-14-12-10-8-6-4-2/h14,16,20,23,25,29,31,44,75-76,80-81H,3-13,15,17-19,21-22,24,26-28,30,32-43,45-74H2,1-2H3,(H,79,82)/b16-14-,25-23-,31-29-,44-20-. The molecule has 6 heteroatoms. The Morgan fingerprint density at radius 3 is 0.917 bits per heavy atom. The Kier molecular flexibility index (Phi) is 71.4. The Bertz CT molecular complexity index is 1400. The number of ether oxygens (including phenoxy) is 1. The Hall–Kier alpha value is -2.18. The molecule has 0 fully saturated rings. The molecule has 2 atom stereocenters. The maximum atomic E-state index is 12.5. The molecule has 6 nitrogen and oxygen atoms in total. The van der Waals surface area contributed by atoms with Gasteiger partial charge in [-0.3, -0.25) is 9.59 Å². The predicted molar refractivity (Wildman–Crippen MR) is 370 cm³/mol. The van der Waals surface area contributed by atoms with Crippen molar-refractivity contribution in [2.24, 2.45) is 0 Å². The van der Waals surface area contributed by atoms with E-state index in [4.69, 9.17) is 4.74 Å². The lowest BCUT2D eigenvalue weighted by atomic mass is 10.0. The molecular weight excluding hydrogens is 1030 g/mol. The highest BCUT2D eigenvalue weighted by atomic mass is 16.5. The van der Waals surface area contributed by atoms with Crippen molar-refractivity contribution in [1.29, 1.82) is 0 Å². The molecule has 0 aliphatic heterocycles. The minimum absolute atomic E-state index is 0.00354. The van der Waals surface area contributed by atoms with Crippen molar-refractivity contribution in [2.75, 3.05) is 13.2 Å². The van der Waals surface area contributed by atoms with Crippen molar-refractivity contribution in [3.8, 4) is 0 Å². The number of hydrogen-bond acceptors (Lipinski definition) is 5. The molecule has 84 heavy (non-hydrogen) atoms. The molecule has 3 N–H and O–H groups in total. The third-order valence-corrected chi connectivity index (χ3v) is 17.6. The van der Waals surface area contributed by atoms with Gasteiger partial charge in [-0.05, 0) is 89.9 Å². The fraction of sp³-hybridized carbons (Fsp3) is 0.872. The van der Waals surface area contributed by atoms with E-state index in [2.05, 4.69) is 67.8 Å². The number of hydrogen-bond donors (Lipinski definition) is 3. The SMILES string of the molecule is CCCCCC/C=C\C/C=C\CCCCCCCC(=O)OCCCCCCCCCCCCC/C=C\C/C=C\CCCCCCCCCCCCCCCCCCCC(=O)NC(CO)C(O)CCCCCCCCCCCCCCCCCC. The van der Waals surface area contributed by atoms with Gasteiger partial charge in [-0.2, -0.15) is 0 Å². The van der Waals surface area contributed by atoms with Crippen LogP contribution < -0.4 is 5.32 Å². The first-order valence-corrected chi connectivity index (χ1v) is 37.9. The number of aliphatic hydroxyl groups excluding tert-OH is 2. The Morgan fingerprint density at radius 2 is 0.595 bits per heavy atom. The number of amides is 1. The highest BCUT2D eigenvalue weighted by Gasteiger charge is 2.20. The zero-order valence-corrected chi connectivity index (χ0v) is 56.6. The number of rotatable bonds is 71. The molecule has 0 heterocycles. The first-order valence-electron chi connectivity index (χ1n) is 37.9. The van der Waals surface area contributed by atoms with Crippen LogP contribution in [0.1, 0.15) is 412 Å². The summed E-state index contributed by atoms with van der Waals surface area (Å²) in [6.45, 7) is 4.96. The van der Waals surface area contributed by atoms with Crippen molar-refractivity contribution in [2.45, 2.75) is 424 Å². The van der Waals surface area contributed by atoms with Crippen molar-refractivity contribution < 1.29 is 24.5 Å². The first-order chi connectivity index (χ1) is 41.5. The van der Waals surface area contributed by atoms with E-state index >= 15 is 0 Å². The number of carbonyl (C=O) groups excluding carboxylic acids is 2. The largest absolute Gasteiger partial charge is 0.466 e. The number of unbranched alkanes of at least 4 members (excludes halogenated alkanes) is 52. The smallest absolute Gasteiger partial charge is 0.305 e. The molecule has 0 aromatic carbocycles. The topological polar surface area (TPSA) is 95.9 Å². The van der Waals surface area contributed by atoms with Crippen LogP contribution in [-0.4, -0.2) is 47.4 Å². The fourth-order valence-electron chi connectivity index (χ4n) is 11.8. The maximum Gasteiger partial charge on any atom is 0.305 e. The van der Waals surface area contributed by atoms with E-state index in [-0.39, 0.29) is 18.5 Å². The van der Waals surface area contributed by atoms with E-state index in [1.807, 2.05) is 0 Å².